The van der Waals surface area contributed by atoms with Gasteiger partial charge in [0.2, 0.25) is 0 Å². The fourth-order valence-electron chi connectivity index (χ4n) is 1.07. The van der Waals surface area contributed by atoms with Gasteiger partial charge >= 0.3 is 5.97 Å². The van der Waals surface area contributed by atoms with Crippen molar-refractivity contribution in [2.24, 2.45) is 0 Å². The Bertz CT molecular complexity index is 221. The zero-order chi connectivity index (χ0) is 11.7. The number of esters is 1. The third-order valence-electron chi connectivity index (χ3n) is 1.69. The van der Waals surface area contributed by atoms with E-state index in [1.807, 2.05) is 32.9 Å². The summed E-state index contributed by atoms with van der Waals surface area (Å²) in [5.41, 5.74) is -0.399. The van der Waals surface area contributed by atoms with E-state index in [-0.39, 0.29) is 5.97 Å². The largest absolute Gasteiger partial charge is 0.457 e. The highest BCUT2D eigenvalue weighted by molar-refractivity contribution is 5.82. The van der Waals surface area contributed by atoms with Crippen molar-refractivity contribution >= 4 is 5.97 Å². The molecule has 0 aliphatic carbocycles. The highest BCUT2D eigenvalue weighted by Crippen LogP contribution is 2.07. The van der Waals surface area contributed by atoms with Crippen molar-refractivity contribution in [3.63, 3.8) is 0 Å². The normalized spacial score (nSPS) is 11.7. The Morgan fingerprint density at radius 3 is 2.40 bits per heavy atom. The van der Waals surface area contributed by atoms with Gasteiger partial charge in [0.1, 0.15) is 5.60 Å². The first kappa shape index (κ1) is 13.9. The molecule has 0 aliphatic rings. The predicted molar refractivity (Wildman–Crippen MR) is 63.7 cm³/mol. The summed E-state index contributed by atoms with van der Waals surface area (Å²) in [6.07, 6.45) is 9.48. The van der Waals surface area contributed by atoms with Crippen LogP contribution < -0.4 is 0 Å². The smallest absolute Gasteiger partial charge is 0.330 e. The first-order valence-corrected chi connectivity index (χ1v) is 5.46. The first-order chi connectivity index (χ1) is 6.95. The van der Waals surface area contributed by atoms with Crippen LogP contribution in [0.4, 0.5) is 0 Å². The Morgan fingerprint density at radius 2 is 1.87 bits per heavy atom. The van der Waals surface area contributed by atoms with Crippen LogP contribution in [0.25, 0.3) is 0 Å². The van der Waals surface area contributed by atoms with Crippen LogP contribution >= 0.6 is 0 Å². The van der Waals surface area contributed by atoms with Gasteiger partial charge in [-0.1, -0.05) is 12.2 Å². The van der Waals surface area contributed by atoms with Gasteiger partial charge in [-0.05, 0) is 46.5 Å². The number of rotatable bonds is 6. The highest BCUT2D eigenvalue weighted by Gasteiger charge is 2.13. The van der Waals surface area contributed by atoms with E-state index < -0.39 is 5.60 Å². The lowest BCUT2D eigenvalue weighted by atomic mass is 10.2. The second-order valence-corrected chi connectivity index (χ2v) is 4.51. The zero-order valence-corrected chi connectivity index (χ0v) is 10.1. The summed E-state index contributed by atoms with van der Waals surface area (Å²) in [6.45, 7) is 9.25. The monoisotopic (exact) mass is 210 g/mol. The fraction of sp³-hybridized carbons (Fsp3) is 0.615. The molecule has 0 unspecified atom stereocenters. The maximum absolute atomic E-state index is 11.2. The van der Waals surface area contributed by atoms with Gasteiger partial charge in [-0.25, -0.2) is 4.79 Å². The van der Waals surface area contributed by atoms with Crippen LogP contribution in [0.1, 0.15) is 46.5 Å². The average Bonchev–Trinajstić information content (AvgIpc) is 2.08. The van der Waals surface area contributed by atoms with Gasteiger partial charge in [0.25, 0.3) is 0 Å². The molecule has 0 spiro atoms. The van der Waals surface area contributed by atoms with E-state index >= 15 is 0 Å². The van der Waals surface area contributed by atoms with Crippen LogP contribution in [0.3, 0.4) is 0 Å². The zero-order valence-electron chi connectivity index (χ0n) is 10.1. The Labute approximate surface area is 93.0 Å². The number of allylic oxidation sites excluding steroid dienone is 2. The molecule has 0 fully saturated rings. The van der Waals surface area contributed by atoms with E-state index in [4.69, 9.17) is 4.74 Å². The molecule has 0 amide bonds. The van der Waals surface area contributed by atoms with E-state index in [2.05, 4.69) is 6.58 Å². The molecule has 0 saturated carbocycles. The second kappa shape index (κ2) is 7.27. The van der Waals surface area contributed by atoms with Crippen molar-refractivity contribution in [1.29, 1.82) is 0 Å². The number of hydrogen-bond acceptors (Lipinski definition) is 2. The average molecular weight is 210 g/mol. The van der Waals surface area contributed by atoms with Crippen LogP contribution in [0.5, 0.6) is 0 Å². The summed E-state index contributed by atoms with van der Waals surface area (Å²) in [6, 6.07) is 0. The molecule has 0 aromatic heterocycles. The minimum atomic E-state index is -0.399. The van der Waals surface area contributed by atoms with Gasteiger partial charge in [-0.15, -0.1) is 6.58 Å². The molecule has 0 saturated heterocycles. The summed E-state index contributed by atoms with van der Waals surface area (Å²) >= 11 is 0. The van der Waals surface area contributed by atoms with Crippen molar-refractivity contribution in [1.82, 2.24) is 0 Å². The van der Waals surface area contributed by atoms with Gasteiger partial charge in [0.15, 0.2) is 0 Å². The summed E-state index contributed by atoms with van der Waals surface area (Å²) in [5, 5.41) is 0. The van der Waals surface area contributed by atoms with Crippen LogP contribution in [0, 0.1) is 0 Å². The molecule has 0 aliphatic heterocycles. The standard InChI is InChI=1S/C13H22O2/c1-5-6-7-8-9-10-11-12(14)15-13(2,3)4/h5,10-11H,1,6-9H2,2-4H3. The molecule has 86 valence electrons. The Balaban J connectivity index is 3.59. The minimum absolute atomic E-state index is 0.258. The number of carbonyl (C=O) groups is 1. The van der Waals surface area contributed by atoms with Crippen molar-refractivity contribution in [3.05, 3.63) is 24.8 Å². The summed E-state index contributed by atoms with van der Waals surface area (Å²) in [4.78, 5) is 11.2. The van der Waals surface area contributed by atoms with E-state index in [0.29, 0.717) is 0 Å². The van der Waals surface area contributed by atoms with Crippen molar-refractivity contribution in [2.45, 2.75) is 52.1 Å². The van der Waals surface area contributed by atoms with E-state index in [9.17, 15) is 4.79 Å². The van der Waals surface area contributed by atoms with Gasteiger partial charge in [0.05, 0.1) is 0 Å². The van der Waals surface area contributed by atoms with Gasteiger partial charge in [-0.2, -0.15) is 0 Å². The molecular formula is C13H22O2. The lowest BCUT2D eigenvalue weighted by molar-refractivity contribution is -0.148. The van der Waals surface area contributed by atoms with Gasteiger partial charge < -0.3 is 4.74 Å². The summed E-state index contributed by atoms with van der Waals surface area (Å²) < 4.78 is 5.12. The Morgan fingerprint density at radius 1 is 1.27 bits per heavy atom. The van der Waals surface area contributed by atoms with Crippen LogP contribution in [0.15, 0.2) is 24.8 Å². The Hall–Kier alpha value is -1.05. The molecule has 0 N–H and O–H groups in total. The van der Waals surface area contributed by atoms with Gasteiger partial charge in [0, 0.05) is 6.08 Å². The third-order valence-corrected chi connectivity index (χ3v) is 1.69. The SMILES string of the molecule is C=CCCCCC=CC(=O)OC(C)(C)C. The van der Waals surface area contributed by atoms with Crippen molar-refractivity contribution in [3.8, 4) is 0 Å². The number of unbranched alkanes of at least 4 members (excludes halogenated alkanes) is 3. The maximum Gasteiger partial charge on any atom is 0.330 e. The molecule has 0 aromatic rings. The van der Waals surface area contributed by atoms with Crippen molar-refractivity contribution in [2.75, 3.05) is 0 Å². The molecule has 2 nitrogen and oxygen atoms in total. The number of carbonyl (C=O) groups excluding carboxylic acids is 1. The minimum Gasteiger partial charge on any atom is -0.457 e. The molecular weight excluding hydrogens is 188 g/mol. The number of hydrogen-bond donors (Lipinski definition) is 0. The Kier molecular flexibility index (Phi) is 6.76. The maximum atomic E-state index is 11.2. The molecule has 0 radical (unpaired) electrons. The summed E-state index contributed by atoms with van der Waals surface area (Å²) in [5.74, 6) is -0.258. The van der Waals surface area contributed by atoms with Crippen molar-refractivity contribution < 1.29 is 9.53 Å². The number of ether oxygens (including phenoxy) is 1. The van der Waals surface area contributed by atoms with E-state index in [1.54, 1.807) is 0 Å². The summed E-state index contributed by atoms with van der Waals surface area (Å²) in [7, 11) is 0. The molecule has 15 heavy (non-hydrogen) atoms. The molecule has 0 atom stereocenters. The molecule has 0 aromatic carbocycles. The molecule has 0 bridgehead atoms. The first-order valence-electron chi connectivity index (χ1n) is 5.46. The molecule has 0 heterocycles. The molecule has 0 rings (SSSR count). The quantitative estimate of drug-likeness (QED) is 0.289. The van der Waals surface area contributed by atoms with Crippen LogP contribution in [-0.2, 0) is 9.53 Å². The molecule has 2 heteroatoms. The van der Waals surface area contributed by atoms with E-state index in [0.717, 1.165) is 25.7 Å². The van der Waals surface area contributed by atoms with Crippen LogP contribution in [-0.4, -0.2) is 11.6 Å². The highest BCUT2D eigenvalue weighted by atomic mass is 16.6. The predicted octanol–water partition coefficient (Wildman–Crippen LogP) is 3.63. The second-order valence-electron chi connectivity index (χ2n) is 4.51. The van der Waals surface area contributed by atoms with Gasteiger partial charge in [-0.3, -0.25) is 0 Å². The third kappa shape index (κ3) is 10.9. The lowest BCUT2D eigenvalue weighted by Gasteiger charge is -2.17. The fourth-order valence-corrected chi connectivity index (χ4v) is 1.07. The van der Waals surface area contributed by atoms with Crippen LogP contribution in [0.2, 0.25) is 0 Å². The van der Waals surface area contributed by atoms with E-state index in [1.165, 1.54) is 6.08 Å². The topological polar surface area (TPSA) is 26.3 Å². The lowest BCUT2D eigenvalue weighted by Crippen LogP contribution is -2.22.